The summed E-state index contributed by atoms with van der Waals surface area (Å²) >= 11 is 0. The van der Waals surface area contributed by atoms with Gasteiger partial charge < -0.3 is 4.74 Å². The molecule has 0 bridgehead atoms. The summed E-state index contributed by atoms with van der Waals surface area (Å²) in [5.74, 6) is -0.382. The highest BCUT2D eigenvalue weighted by Crippen LogP contribution is 2.47. The van der Waals surface area contributed by atoms with Crippen molar-refractivity contribution in [3.8, 4) is 0 Å². The Labute approximate surface area is 147 Å². The number of nitrogens with zero attached hydrogens (tertiary/aromatic N) is 1. The Morgan fingerprint density at radius 3 is 2.52 bits per heavy atom. The van der Waals surface area contributed by atoms with E-state index in [0.29, 0.717) is 6.61 Å². The molecule has 0 amide bonds. The highest BCUT2D eigenvalue weighted by Gasteiger charge is 2.35. The second-order valence-corrected chi connectivity index (χ2v) is 6.51. The maximum atomic E-state index is 11.7. The summed E-state index contributed by atoms with van der Waals surface area (Å²) < 4.78 is 4.98. The van der Waals surface area contributed by atoms with Crippen LogP contribution in [0.15, 0.2) is 59.7 Å². The largest absolute Gasteiger partial charge is 0.463 e. The molecule has 5 heteroatoms. The van der Waals surface area contributed by atoms with Crippen molar-refractivity contribution < 1.29 is 14.5 Å². The van der Waals surface area contributed by atoms with Crippen molar-refractivity contribution >= 4 is 11.7 Å². The van der Waals surface area contributed by atoms with Crippen LogP contribution in [0.1, 0.15) is 39.2 Å². The predicted octanol–water partition coefficient (Wildman–Crippen LogP) is 4.71. The van der Waals surface area contributed by atoms with Gasteiger partial charge in [0.2, 0.25) is 0 Å². The van der Waals surface area contributed by atoms with Crippen LogP contribution in [0.25, 0.3) is 0 Å². The molecule has 1 aromatic carbocycles. The van der Waals surface area contributed by atoms with E-state index in [9.17, 15) is 14.9 Å². The van der Waals surface area contributed by atoms with Gasteiger partial charge in [-0.2, -0.15) is 0 Å². The first kappa shape index (κ1) is 18.6. The second-order valence-electron chi connectivity index (χ2n) is 6.51. The van der Waals surface area contributed by atoms with Crippen molar-refractivity contribution in [1.29, 1.82) is 0 Å². The minimum absolute atomic E-state index is 0.0114. The summed E-state index contributed by atoms with van der Waals surface area (Å²) in [5, 5.41) is 10.9. The maximum absolute atomic E-state index is 11.7. The van der Waals surface area contributed by atoms with Crippen molar-refractivity contribution in [1.82, 2.24) is 0 Å². The molecule has 0 saturated heterocycles. The van der Waals surface area contributed by atoms with Gasteiger partial charge in [0.05, 0.1) is 11.5 Å². The Morgan fingerprint density at radius 2 is 1.96 bits per heavy atom. The van der Waals surface area contributed by atoms with Crippen LogP contribution in [0.3, 0.4) is 0 Å². The van der Waals surface area contributed by atoms with Crippen LogP contribution in [0, 0.1) is 15.5 Å². The zero-order chi connectivity index (χ0) is 18.6. The highest BCUT2D eigenvalue weighted by atomic mass is 16.6. The molecule has 2 rings (SSSR count). The number of hydrogen-bond donors (Lipinski definition) is 0. The van der Waals surface area contributed by atoms with E-state index in [0.717, 1.165) is 16.7 Å². The van der Waals surface area contributed by atoms with Gasteiger partial charge in [0.1, 0.15) is 0 Å². The molecule has 0 fully saturated rings. The maximum Gasteiger partial charge on any atom is 0.330 e. The van der Waals surface area contributed by atoms with Crippen molar-refractivity contribution in [2.24, 2.45) is 5.41 Å². The Morgan fingerprint density at radius 1 is 1.32 bits per heavy atom. The van der Waals surface area contributed by atoms with Crippen LogP contribution in [0.5, 0.6) is 0 Å². The fourth-order valence-electron chi connectivity index (χ4n) is 3.54. The number of nitro benzene ring substituents is 1. The molecule has 5 nitrogen and oxygen atoms in total. The van der Waals surface area contributed by atoms with E-state index >= 15 is 0 Å². The third kappa shape index (κ3) is 4.24. The first-order valence-corrected chi connectivity index (χ1v) is 8.25. The highest BCUT2D eigenvalue weighted by molar-refractivity contribution is 5.82. The van der Waals surface area contributed by atoms with Gasteiger partial charge in [0, 0.05) is 29.5 Å². The Hall–Kier alpha value is -2.69. The lowest BCUT2D eigenvalue weighted by Gasteiger charge is -2.37. The molecule has 1 aromatic rings. The molecular weight excluding hydrogens is 318 g/mol. The summed E-state index contributed by atoms with van der Waals surface area (Å²) in [4.78, 5) is 22.2. The number of carbonyl (C=O) groups excluding carboxylic acids is 1. The first-order valence-electron chi connectivity index (χ1n) is 8.25. The monoisotopic (exact) mass is 341 g/mol. The first-order chi connectivity index (χ1) is 11.8. The zero-order valence-corrected chi connectivity index (χ0v) is 15.0. The van der Waals surface area contributed by atoms with E-state index in [1.165, 1.54) is 18.2 Å². The van der Waals surface area contributed by atoms with E-state index in [-0.39, 0.29) is 17.6 Å². The SMILES string of the molecule is CCOC(=O)/C=C\[C@]1(C)C=C(C)C=C(C)[C@H]1c1ccc([N+](=O)[O-])cc1. The molecule has 0 aliphatic heterocycles. The van der Waals surface area contributed by atoms with Crippen molar-refractivity contribution in [2.75, 3.05) is 6.61 Å². The molecule has 0 radical (unpaired) electrons. The third-order valence-corrected chi connectivity index (χ3v) is 4.37. The molecule has 0 aromatic heterocycles. The molecule has 1 aliphatic rings. The van der Waals surface area contributed by atoms with Crippen LogP contribution in [0.4, 0.5) is 5.69 Å². The zero-order valence-electron chi connectivity index (χ0n) is 15.0. The Bertz CT molecular complexity index is 758. The Balaban J connectivity index is 2.42. The van der Waals surface area contributed by atoms with Gasteiger partial charge in [-0.15, -0.1) is 0 Å². The molecule has 1 aliphatic carbocycles. The molecule has 132 valence electrons. The minimum atomic E-state index is -0.425. The molecule has 25 heavy (non-hydrogen) atoms. The molecule has 0 saturated carbocycles. The van der Waals surface area contributed by atoms with Crippen molar-refractivity contribution in [2.45, 2.75) is 33.6 Å². The lowest BCUT2D eigenvalue weighted by molar-refractivity contribution is -0.384. The number of allylic oxidation sites excluding steroid dienone is 5. The van der Waals surface area contributed by atoms with Gasteiger partial charge in [0.25, 0.3) is 5.69 Å². The molecule has 0 spiro atoms. The van der Waals surface area contributed by atoms with Crippen molar-refractivity contribution in [3.63, 3.8) is 0 Å². The number of benzene rings is 1. The van der Waals surface area contributed by atoms with Crippen LogP contribution in [-0.2, 0) is 9.53 Å². The predicted molar refractivity (Wildman–Crippen MR) is 97.2 cm³/mol. The van der Waals surface area contributed by atoms with E-state index in [1.54, 1.807) is 19.1 Å². The van der Waals surface area contributed by atoms with Crippen LogP contribution >= 0.6 is 0 Å². The van der Waals surface area contributed by atoms with E-state index in [2.05, 4.69) is 19.1 Å². The van der Waals surface area contributed by atoms with Crippen LogP contribution in [-0.4, -0.2) is 17.5 Å². The van der Waals surface area contributed by atoms with Gasteiger partial charge in [-0.25, -0.2) is 4.79 Å². The molecule has 0 N–H and O–H groups in total. The normalized spacial score (nSPS) is 23.1. The third-order valence-electron chi connectivity index (χ3n) is 4.37. The van der Waals surface area contributed by atoms with E-state index in [4.69, 9.17) is 4.74 Å². The number of hydrogen-bond acceptors (Lipinski definition) is 4. The lowest BCUT2D eigenvalue weighted by Crippen LogP contribution is -2.26. The van der Waals surface area contributed by atoms with Crippen LogP contribution in [0.2, 0.25) is 0 Å². The van der Waals surface area contributed by atoms with Gasteiger partial charge in [-0.05, 0) is 26.3 Å². The number of ether oxygens (including phenoxy) is 1. The summed E-state index contributed by atoms with van der Waals surface area (Å²) in [6.45, 7) is 8.21. The summed E-state index contributed by atoms with van der Waals surface area (Å²) in [7, 11) is 0. The Kier molecular flexibility index (Phi) is 5.57. The average molecular weight is 341 g/mol. The van der Waals surface area contributed by atoms with Crippen LogP contribution < -0.4 is 0 Å². The number of carbonyl (C=O) groups is 1. The summed E-state index contributed by atoms with van der Waals surface area (Å²) in [6.07, 6.45) is 7.54. The van der Waals surface area contributed by atoms with Gasteiger partial charge in [-0.1, -0.05) is 48.4 Å². The van der Waals surface area contributed by atoms with Gasteiger partial charge >= 0.3 is 5.97 Å². The molecule has 2 atom stereocenters. The summed E-state index contributed by atoms with van der Waals surface area (Å²) in [5.41, 5.74) is 2.87. The molecular formula is C20H23NO4. The molecule has 0 unspecified atom stereocenters. The fraction of sp³-hybridized carbons (Fsp3) is 0.350. The second kappa shape index (κ2) is 7.47. The van der Waals surface area contributed by atoms with E-state index in [1.807, 2.05) is 19.9 Å². The summed E-state index contributed by atoms with van der Waals surface area (Å²) in [6, 6.07) is 6.60. The topological polar surface area (TPSA) is 69.4 Å². The molecule has 0 heterocycles. The lowest BCUT2D eigenvalue weighted by atomic mass is 9.66. The smallest absolute Gasteiger partial charge is 0.330 e. The standard InChI is InChI=1S/C20H23NO4/c1-5-25-18(22)10-11-20(4)13-14(2)12-15(3)19(20)16-6-8-17(9-7-16)21(23)24/h6-13,19H,5H2,1-4H3/b11-10-/t19-,20+/m0/s1. The number of rotatable bonds is 5. The number of non-ortho nitro benzene ring substituents is 1. The average Bonchev–Trinajstić information content (AvgIpc) is 2.53. The van der Waals surface area contributed by atoms with Crippen molar-refractivity contribution in [3.05, 3.63) is 75.4 Å². The quantitative estimate of drug-likeness (QED) is 0.336. The fourth-order valence-corrected chi connectivity index (χ4v) is 3.54. The number of esters is 1. The van der Waals surface area contributed by atoms with Gasteiger partial charge in [0.15, 0.2) is 0 Å². The van der Waals surface area contributed by atoms with Gasteiger partial charge in [-0.3, -0.25) is 10.1 Å². The number of nitro groups is 1. The van der Waals surface area contributed by atoms with E-state index < -0.39 is 10.3 Å². The minimum Gasteiger partial charge on any atom is -0.463 e.